The predicted molar refractivity (Wildman–Crippen MR) is 160 cm³/mol. The summed E-state index contributed by atoms with van der Waals surface area (Å²) < 4.78 is 108. The minimum absolute atomic E-state index is 0.0358. The molecule has 2 aliphatic rings. The van der Waals surface area contributed by atoms with Crippen LogP contribution in [0, 0.1) is 0 Å². The van der Waals surface area contributed by atoms with Gasteiger partial charge in [-0.2, -0.15) is 26.3 Å². The number of alkyl halides is 6. The molecular weight excluding hydrogens is 704 g/mol. The number of hydrogen-bond acceptors (Lipinski definition) is 11. The van der Waals surface area contributed by atoms with Gasteiger partial charge in [0.1, 0.15) is 11.6 Å². The van der Waals surface area contributed by atoms with Crippen LogP contribution in [0.2, 0.25) is 0 Å². The molecule has 0 unspecified atom stereocenters. The molecule has 2 heterocycles. The number of methoxy groups -OCH3 is 2. The number of ether oxygens (including phenoxy) is 5. The number of nitrogens with zero attached hydrogens (tertiary/aromatic N) is 1. The molecule has 0 aliphatic carbocycles. The standard InChI is InChI=1S/C30H39F6N5O10/c1-28(16-51-28)23(43)18(13-17-7-5-4-6-8-17)38-25(45)21(29(33,34)47-2)40-26(46)22(30(35,36)48-3)39-24(44)19(15-50-27(31)32)37-20(42)14-41-9-11-49-12-10-41/h4-8,18-19,21-22,27H,9-16H2,1-3H3,(H,37,42)(H,38,45)(H,39,44)(H,40,46)/t18-,19-,21-,22-,28+/m0/s1. The lowest BCUT2D eigenvalue weighted by Crippen LogP contribution is -2.66. The molecule has 2 aliphatic heterocycles. The van der Waals surface area contributed by atoms with E-state index < -0.39 is 84.6 Å². The fourth-order valence-corrected chi connectivity index (χ4v) is 4.80. The number of amides is 4. The summed E-state index contributed by atoms with van der Waals surface area (Å²) in [6, 6.07) is -1.87. The van der Waals surface area contributed by atoms with E-state index in [0.717, 1.165) is 0 Å². The van der Waals surface area contributed by atoms with Crippen LogP contribution in [0.3, 0.4) is 0 Å². The van der Waals surface area contributed by atoms with Gasteiger partial charge in [0, 0.05) is 27.3 Å². The largest absolute Gasteiger partial charge is 0.384 e. The van der Waals surface area contributed by atoms with E-state index in [4.69, 9.17) is 9.47 Å². The molecule has 4 N–H and O–H groups in total. The Morgan fingerprint density at radius 2 is 1.37 bits per heavy atom. The van der Waals surface area contributed by atoms with Crippen molar-refractivity contribution in [2.45, 2.75) is 61.9 Å². The van der Waals surface area contributed by atoms with Crippen LogP contribution in [0.15, 0.2) is 30.3 Å². The van der Waals surface area contributed by atoms with Gasteiger partial charge in [0.05, 0.1) is 39.0 Å². The van der Waals surface area contributed by atoms with Gasteiger partial charge in [0.25, 0.3) is 11.8 Å². The van der Waals surface area contributed by atoms with Crippen molar-refractivity contribution in [1.29, 1.82) is 0 Å². The first-order valence-corrected chi connectivity index (χ1v) is 15.4. The highest BCUT2D eigenvalue weighted by atomic mass is 19.3. The quantitative estimate of drug-likeness (QED) is 0.100. The number of nitrogens with one attached hydrogen (secondary N) is 4. The summed E-state index contributed by atoms with van der Waals surface area (Å²) in [5.74, 6) is -7.21. The second-order valence-corrected chi connectivity index (χ2v) is 11.7. The van der Waals surface area contributed by atoms with Crippen molar-refractivity contribution in [3.8, 4) is 0 Å². The number of rotatable bonds is 20. The van der Waals surface area contributed by atoms with Crippen LogP contribution in [0.4, 0.5) is 26.3 Å². The van der Waals surface area contributed by atoms with E-state index in [9.17, 15) is 41.5 Å². The first kappa shape index (κ1) is 41.5. The average Bonchev–Trinajstić information content (AvgIpc) is 3.85. The molecule has 0 saturated carbocycles. The van der Waals surface area contributed by atoms with Crippen molar-refractivity contribution in [3.63, 3.8) is 0 Å². The minimum Gasteiger partial charge on any atom is -0.379 e. The number of ketones is 1. The third-order valence-electron chi connectivity index (χ3n) is 7.84. The Balaban J connectivity index is 1.84. The second kappa shape index (κ2) is 18.0. The number of morpholine rings is 1. The van der Waals surface area contributed by atoms with Crippen LogP contribution >= 0.6 is 0 Å². The molecule has 2 saturated heterocycles. The highest BCUT2D eigenvalue weighted by molar-refractivity contribution is 5.99. The third-order valence-corrected chi connectivity index (χ3v) is 7.84. The first-order chi connectivity index (χ1) is 23.9. The van der Waals surface area contributed by atoms with Gasteiger partial charge in [-0.15, -0.1) is 0 Å². The van der Waals surface area contributed by atoms with Crippen LogP contribution < -0.4 is 21.3 Å². The number of carbonyl (C=O) groups is 5. The summed E-state index contributed by atoms with van der Waals surface area (Å²) in [5, 5.41) is 7.02. The van der Waals surface area contributed by atoms with E-state index >= 15 is 8.78 Å². The molecule has 3 rings (SSSR count). The Hall–Kier alpha value is -3.89. The van der Waals surface area contributed by atoms with Gasteiger partial charge in [-0.25, -0.2) is 0 Å². The Morgan fingerprint density at radius 1 is 0.843 bits per heavy atom. The van der Waals surface area contributed by atoms with Crippen LogP contribution in [0.5, 0.6) is 0 Å². The van der Waals surface area contributed by atoms with Gasteiger partial charge in [-0.05, 0) is 18.9 Å². The zero-order valence-electron chi connectivity index (χ0n) is 27.7. The van der Waals surface area contributed by atoms with Crippen molar-refractivity contribution < 1.29 is 74.0 Å². The normalized spacial score (nSPS) is 20.4. The second-order valence-electron chi connectivity index (χ2n) is 11.7. The molecule has 1 aromatic carbocycles. The zero-order chi connectivity index (χ0) is 38.0. The fraction of sp³-hybridized carbons (Fsp3) is 0.633. The molecule has 0 bridgehead atoms. The Kier molecular flexibility index (Phi) is 14.7. The topological polar surface area (TPSA) is 186 Å². The van der Waals surface area contributed by atoms with Crippen LogP contribution in [-0.4, -0.2) is 143 Å². The molecule has 0 spiro atoms. The van der Waals surface area contributed by atoms with Crippen molar-refractivity contribution in [2.24, 2.45) is 0 Å². The summed E-state index contributed by atoms with van der Waals surface area (Å²) in [6.07, 6.45) is -9.50. The molecule has 4 amide bonds. The van der Waals surface area contributed by atoms with Gasteiger partial charge in [0.2, 0.25) is 11.8 Å². The SMILES string of the molecule is COC(F)(F)[C@@H](NC(=O)[C@H](COC(F)F)NC(=O)CN1CCOCC1)C(=O)N[C@@H](C(=O)N[C@@H](Cc1ccccc1)C(=O)[C@@]1(C)CO1)C(F)(F)OC. The summed E-state index contributed by atoms with van der Waals surface area (Å²) in [4.78, 5) is 66.9. The number of benzene rings is 1. The van der Waals surface area contributed by atoms with E-state index in [-0.39, 0.29) is 32.8 Å². The van der Waals surface area contributed by atoms with Gasteiger partial charge >= 0.3 is 18.8 Å². The maximum Gasteiger partial charge on any atom is 0.384 e. The maximum atomic E-state index is 15.0. The van der Waals surface area contributed by atoms with Crippen molar-refractivity contribution in [1.82, 2.24) is 26.2 Å². The Morgan fingerprint density at radius 3 is 1.88 bits per heavy atom. The fourth-order valence-electron chi connectivity index (χ4n) is 4.80. The van der Waals surface area contributed by atoms with E-state index in [2.05, 4.69) is 19.5 Å². The molecule has 286 valence electrons. The van der Waals surface area contributed by atoms with Crippen LogP contribution in [-0.2, 0) is 54.1 Å². The molecule has 15 nitrogen and oxygen atoms in total. The number of halogens is 6. The summed E-state index contributed by atoms with van der Waals surface area (Å²) in [6.45, 7) is -2.59. The molecule has 21 heteroatoms. The first-order valence-electron chi connectivity index (χ1n) is 15.4. The lowest BCUT2D eigenvalue weighted by Gasteiger charge is -2.31. The van der Waals surface area contributed by atoms with Crippen molar-refractivity contribution in [2.75, 3.05) is 60.3 Å². The molecule has 51 heavy (non-hydrogen) atoms. The zero-order valence-corrected chi connectivity index (χ0v) is 27.7. The maximum absolute atomic E-state index is 15.0. The van der Waals surface area contributed by atoms with Crippen LogP contribution in [0.1, 0.15) is 12.5 Å². The van der Waals surface area contributed by atoms with Gasteiger partial charge in [-0.1, -0.05) is 30.3 Å². The number of epoxide rings is 1. The summed E-state index contributed by atoms with van der Waals surface area (Å²) in [5.41, 5.74) is -0.864. The minimum atomic E-state index is -4.68. The van der Waals surface area contributed by atoms with E-state index in [1.807, 2.05) is 5.32 Å². The van der Waals surface area contributed by atoms with Crippen molar-refractivity contribution >= 4 is 29.4 Å². The Bertz CT molecular complexity index is 1370. The van der Waals surface area contributed by atoms with Crippen LogP contribution in [0.25, 0.3) is 0 Å². The molecule has 0 aromatic heterocycles. The monoisotopic (exact) mass is 743 g/mol. The smallest absolute Gasteiger partial charge is 0.379 e. The van der Waals surface area contributed by atoms with E-state index in [1.54, 1.807) is 35.2 Å². The predicted octanol–water partition coefficient (Wildman–Crippen LogP) is -0.424. The number of carbonyl (C=O) groups excluding carboxylic acids is 5. The summed E-state index contributed by atoms with van der Waals surface area (Å²) >= 11 is 0. The lowest BCUT2D eigenvalue weighted by molar-refractivity contribution is -0.247. The molecule has 0 radical (unpaired) electrons. The van der Waals surface area contributed by atoms with Gasteiger partial charge in [-0.3, -0.25) is 28.9 Å². The third kappa shape index (κ3) is 12.1. The molecule has 5 atom stereocenters. The lowest BCUT2D eigenvalue weighted by atomic mass is 9.94. The molecular formula is C30H39F6N5O10. The van der Waals surface area contributed by atoms with E-state index in [1.165, 1.54) is 17.6 Å². The number of Topliss-reactive ketones (excluding diaryl/α,β-unsaturated/α-hetero) is 1. The van der Waals surface area contributed by atoms with Gasteiger partial charge in [0.15, 0.2) is 17.9 Å². The summed E-state index contributed by atoms with van der Waals surface area (Å²) in [7, 11) is 0.830. The Labute approximate surface area is 288 Å². The highest BCUT2D eigenvalue weighted by Crippen LogP contribution is 2.30. The number of hydrogen-bond donors (Lipinski definition) is 4. The molecule has 2 fully saturated rings. The average molecular weight is 744 g/mol. The van der Waals surface area contributed by atoms with E-state index in [0.29, 0.717) is 32.9 Å². The molecule has 1 aromatic rings. The van der Waals surface area contributed by atoms with Gasteiger partial charge < -0.3 is 45.0 Å². The highest BCUT2D eigenvalue weighted by Gasteiger charge is 2.54. The van der Waals surface area contributed by atoms with Crippen molar-refractivity contribution in [3.05, 3.63) is 35.9 Å².